The number of anilines is 1. The largest absolute Gasteiger partial charge is 0.489 e. The lowest BCUT2D eigenvalue weighted by molar-refractivity contribution is -0.116. The van der Waals surface area contributed by atoms with Crippen molar-refractivity contribution in [3.8, 4) is 16.3 Å². The van der Waals surface area contributed by atoms with Crippen LogP contribution in [0.5, 0.6) is 5.75 Å². The van der Waals surface area contributed by atoms with Gasteiger partial charge in [0.2, 0.25) is 5.91 Å². The number of nitrogens with zero attached hydrogens (tertiary/aromatic N) is 1. The quantitative estimate of drug-likeness (QED) is 0.580. The zero-order valence-electron chi connectivity index (χ0n) is 15.1. The Bertz CT molecular complexity index is 870. The molecule has 2 aromatic heterocycles. The molecule has 136 valence electrons. The molecule has 0 radical (unpaired) electrons. The maximum Gasteiger partial charge on any atom is 0.224 e. The number of para-hydroxylation sites is 2. The molecule has 0 atom stereocenters. The van der Waals surface area contributed by atoms with E-state index in [0.29, 0.717) is 24.3 Å². The Balaban J connectivity index is 1.66. The van der Waals surface area contributed by atoms with E-state index >= 15 is 0 Å². The number of rotatable bonds is 7. The van der Waals surface area contributed by atoms with Crippen molar-refractivity contribution in [3.63, 3.8) is 0 Å². The van der Waals surface area contributed by atoms with Gasteiger partial charge in [0.25, 0.3) is 0 Å². The number of thiazole rings is 1. The van der Waals surface area contributed by atoms with Gasteiger partial charge in [0.05, 0.1) is 27.4 Å². The molecule has 0 bridgehead atoms. The van der Waals surface area contributed by atoms with Crippen LogP contribution < -0.4 is 10.1 Å². The van der Waals surface area contributed by atoms with E-state index in [9.17, 15) is 4.79 Å². The van der Waals surface area contributed by atoms with E-state index in [2.05, 4.69) is 16.4 Å². The predicted octanol–water partition coefficient (Wildman–Crippen LogP) is 5.54. The van der Waals surface area contributed by atoms with Gasteiger partial charge in [-0.25, -0.2) is 4.98 Å². The Morgan fingerprint density at radius 2 is 2.04 bits per heavy atom. The number of amides is 1. The third-order valence-electron chi connectivity index (χ3n) is 3.66. The van der Waals surface area contributed by atoms with Crippen LogP contribution in [-0.2, 0) is 11.2 Å². The molecule has 0 unspecified atom stereocenters. The van der Waals surface area contributed by atoms with E-state index in [-0.39, 0.29) is 12.0 Å². The molecule has 0 aliphatic rings. The second kappa shape index (κ2) is 8.47. The highest BCUT2D eigenvalue weighted by Gasteiger charge is 2.15. The van der Waals surface area contributed by atoms with Gasteiger partial charge in [0, 0.05) is 11.3 Å². The van der Waals surface area contributed by atoms with Gasteiger partial charge >= 0.3 is 0 Å². The van der Waals surface area contributed by atoms with Crippen LogP contribution in [0.3, 0.4) is 0 Å². The van der Waals surface area contributed by atoms with E-state index in [4.69, 9.17) is 4.74 Å². The minimum absolute atomic E-state index is 0.0204. The van der Waals surface area contributed by atoms with Gasteiger partial charge in [-0.2, -0.15) is 0 Å². The third kappa shape index (κ3) is 4.71. The number of hydrogen-bond donors (Lipinski definition) is 1. The van der Waals surface area contributed by atoms with Crippen LogP contribution >= 0.6 is 22.7 Å². The molecule has 2 heterocycles. The molecule has 0 spiro atoms. The highest BCUT2D eigenvalue weighted by atomic mass is 32.1. The third-order valence-corrected chi connectivity index (χ3v) is 5.57. The zero-order valence-corrected chi connectivity index (χ0v) is 16.7. The lowest BCUT2D eigenvalue weighted by Gasteiger charge is -2.14. The average Bonchev–Trinajstić information content (AvgIpc) is 3.23. The van der Waals surface area contributed by atoms with Crippen molar-refractivity contribution in [2.24, 2.45) is 0 Å². The molecule has 4 nitrogen and oxygen atoms in total. The van der Waals surface area contributed by atoms with Gasteiger partial charge in [-0.3, -0.25) is 4.79 Å². The Morgan fingerprint density at radius 3 is 2.77 bits per heavy atom. The minimum Gasteiger partial charge on any atom is -0.489 e. The van der Waals surface area contributed by atoms with E-state index in [1.807, 2.05) is 56.5 Å². The van der Waals surface area contributed by atoms with Crippen molar-refractivity contribution in [2.45, 2.75) is 39.7 Å². The standard InChI is InChI=1S/C20H22N2O2S2/c1-13(2)24-16-8-5-4-7-15(16)22-19(23)11-10-18-20(21-14(3)26-18)17-9-6-12-25-17/h4-9,12-13H,10-11H2,1-3H3,(H,22,23). The Kier molecular flexibility index (Phi) is 6.06. The van der Waals surface area contributed by atoms with Crippen LogP contribution in [0.2, 0.25) is 0 Å². The summed E-state index contributed by atoms with van der Waals surface area (Å²) in [5, 5.41) is 6.05. The number of benzene rings is 1. The van der Waals surface area contributed by atoms with Crippen molar-refractivity contribution >= 4 is 34.3 Å². The molecule has 26 heavy (non-hydrogen) atoms. The summed E-state index contributed by atoms with van der Waals surface area (Å²) in [6.07, 6.45) is 1.15. The first kappa shape index (κ1) is 18.6. The second-order valence-corrected chi connectivity index (χ2v) is 8.43. The van der Waals surface area contributed by atoms with E-state index in [0.717, 1.165) is 20.5 Å². The summed E-state index contributed by atoms with van der Waals surface area (Å²) < 4.78 is 5.76. The summed E-state index contributed by atoms with van der Waals surface area (Å²) in [7, 11) is 0. The molecule has 0 aliphatic heterocycles. The van der Waals surface area contributed by atoms with Crippen LogP contribution in [0.4, 0.5) is 5.69 Å². The summed E-state index contributed by atoms with van der Waals surface area (Å²) in [6.45, 7) is 5.94. The van der Waals surface area contributed by atoms with Crippen LogP contribution in [0.1, 0.15) is 30.2 Å². The van der Waals surface area contributed by atoms with Gasteiger partial charge < -0.3 is 10.1 Å². The SMILES string of the molecule is Cc1nc(-c2cccs2)c(CCC(=O)Nc2ccccc2OC(C)C)s1. The highest BCUT2D eigenvalue weighted by Crippen LogP contribution is 2.32. The molecular formula is C20H22N2O2S2. The smallest absolute Gasteiger partial charge is 0.224 e. The summed E-state index contributed by atoms with van der Waals surface area (Å²) in [5.41, 5.74) is 1.73. The van der Waals surface area contributed by atoms with Crippen LogP contribution in [0.25, 0.3) is 10.6 Å². The van der Waals surface area contributed by atoms with Crippen molar-refractivity contribution in [3.05, 3.63) is 51.7 Å². The number of carbonyl (C=O) groups excluding carboxylic acids is 1. The first-order valence-electron chi connectivity index (χ1n) is 8.58. The summed E-state index contributed by atoms with van der Waals surface area (Å²) in [4.78, 5) is 19.4. The van der Waals surface area contributed by atoms with Crippen molar-refractivity contribution in [1.82, 2.24) is 4.98 Å². The number of nitrogens with one attached hydrogen (secondary N) is 1. The molecule has 1 amide bonds. The molecule has 6 heteroatoms. The zero-order chi connectivity index (χ0) is 18.5. The number of aromatic nitrogens is 1. The molecule has 0 aliphatic carbocycles. The van der Waals surface area contributed by atoms with Crippen molar-refractivity contribution < 1.29 is 9.53 Å². The predicted molar refractivity (Wildman–Crippen MR) is 109 cm³/mol. The molecular weight excluding hydrogens is 364 g/mol. The van der Waals surface area contributed by atoms with Crippen molar-refractivity contribution in [2.75, 3.05) is 5.32 Å². The molecule has 3 rings (SSSR count). The number of hydrogen-bond acceptors (Lipinski definition) is 5. The molecule has 1 N–H and O–H groups in total. The lowest BCUT2D eigenvalue weighted by atomic mass is 10.2. The number of carbonyl (C=O) groups is 1. The monoisotopic (exact) mass is 386 g/mol. The van der Waals surface area contributed by atoms with E-state index < -0.39 is 0 Å². The number of ether oxygens (including phenoxy) is 1. The number of aryl methyl sites for hydroxylation is 2. The molecule has 3 aromatic rings. The average molecular weight is 387 g/mol. The fourth-order valence-corrected chi connectivity index (χ4v) is 4.37. The minimum atomic E-state index is -0.0204. The topological polar surface area (TPSA) is 51.2 Å². The Morgan fingerprint density at radius 1 is 1.23 bits per heavy atom. The molecule has 0 fully saturated rings. The maximum atomic E-state index is 12.4. The molecule has 1 aromatic carbocycles. The fraction of sp³-hybridized carbons (Fsp3) is 0.300. The molecule has 0 saturated carbocycles. The molecule has 0 saturated heterocycles. The van der Waals surface area contributed by atoms with Gasteiger partial charge in [-0.1, -0.05) is 18.2 Å². The van der Waals surface area contributed by atoms with Crippen LogP contribution in [0, 0.1) is 6.92 Å². The van der Waals surface area contributed by atoms with Crippen molar-refractivity contribution in [1.29, 1.82) is 0 Å². The van der Waals surface area contributed by atoms with Crippen LogP contribution in [0.15, 0.2) is 41.8 Å². The summed E-state index contributed by atoms with van der Waals surface area (Å²) in [6, 6.07) is 11.6. The fourth-order valence-electron chi connectivity index (χ4n) is 2.61. The lowest BCUT2D eigenvalue weighted by Crippen LogP contribution is -2.14. The maximum absolute atomic E-state index is 12.4. The van der Waals surface area contributed by atoms with E-state index in [1.54, 1.807) is 22.7 Å². The summed E-state index contributed by atoms with van der Waals surface area (Å²) >= 11 is 3.34. The Hall–Kier alpha value is -2.18. The normalized spacial score (nSPS) is 10.9. The van der Waals surface area contributed by atoms with Gasteiger partial charge in [0.15, 0.2) is 0 Å². The van der Waals surface area contributed by atoms with Crippen LogP contribution in [-0.4, -0.2) is 17.0 Å². The first-order chi connectivity index (χ1) is 12.5. The van der Waals surface area contributed by atoms with Gasteiger partial charge in [-0.05, 0) is 50.8 Å². The summed E-state index contributed by atoms with van der Waals surface area (Å²) in [5.74, 6) is 0.678. The first-order valence-corrected chi connectivity index (χ1v) is 10.3. The van der Waals surface area contributed by atoms with Gasteiger partial charge in [0.1, 0.15) is 5.75 Å². The second-order valence-electron chi connectivity index (χ2n) is 6.19. The van der Waals surface area contributed by atoms with E-state index in [1.165, 1.54) is 0 Å². The Labute approximate surface area is 161 Å². The van der Waals surface area contributed by atoms with Gasteiger partial charge in [-0.15, -0.1) is 22.7 Å². The highest BCUT2D eigenvalue weighted by molar-refractivity contribution is 7.15. The number of thiophene rings is 1.